The standard InChI is InChI=1S/C20H14ClN3O2S/c21-16-7-3-1-6-14(16)12-24-9-10-27-20(24)23-19(26)15-11-13-5-2-4-8-17(13)22-18(15)25/h1-11H,12H2,(H,22,25). The Balaban J connectivity index is 1.72. The number of carbonyl (C=O) groups excluding carboxylic acids is 1. The molecule has 27 heavy (non-hydrogen) atoms. The molecule has 0 aliphatic rings. The molecule has 0 atom stereocenters. The van der Waals surface area contributed by atoms with Crippen LogP contribution >= 0.6 is 22.9 Å². The number of benzene rings is 2. The summed E-state index contributed by atoms with van der Waals surface area (Å²) in [5, 5.41) is 3.28. The highest BCUT2D eigenvalue weighted by Gasteiger charge is 2.12. The van der Waals surface area contributed by atoms with Crippen LogP contribution in [0.15, 0.2) is 76.0 Å². The lowest BCUT2D eigenvalue weighted by Crippen LogP contribution is -2.21. The van der Waals surface area contributed by atoms with Crippen LogP contribution in [0, 0.1) is 0 Å². The summed E-state index contributed by atoms with van der Waals surface area (Å²) in [5.74, 6) is -0.572. The van der Waals surface area contributed by atoms with Gasteiger partial charge in [0.25, 0.3) is 11.5 Å². The maximum atomic E-state index is 12.6. The van der Waals surface area contributed by atoms with E-state index in [0.717, 1.165) is 10.9 Å². The molecule has 0 spiro atoms. The van der Waals surface area contributed by atoms with Crippen molar-refractivity contribution in [3.63, 3.8) is 0 Å². The Morgan fingerprint density at radius 2 is 1.93 bits per heavy atom. The Hall–Kier alpha value is -2.96. The fourth-order valence-electron chi connectivity index (χ4n) is 2.77. The zero-order valence-electron chi connectivity index (χ0n) is 14.1. The highest BCUT2D eigenvalue weighted by molar-refractivity contribution is 7.07. The molecular weight excluding hydrogens is 382 g/mol. The van der Waals surface area contributed by atoms with Gasteiger partial charge in [0.15, 0.2) is 4.80 Å². The molecule has 2 aromatic carbocycles. The maximum Gasteiger partial charge on any atom is 0.285 e. The van der Waals surface area contributed by atoms with Crippen molar-refractivity contribution in [1.29, 1.82) is 0 Å². The molecule has 2 heterocycles. The van der Waals surface area contributed by atoms with Gasteiger partial charge in [0.05, 0.1) is 6.54 Å². The van der Waals surface area contributed by atoms with Gasteiger partial charge in [-0.1, -0.05) is 48.0 Å². The second-order valence-electron chi connectivity index (χ2n) is 5.92. The van der Waals surface area contributed by atoms with Gasteiger partial charge < -0.3 is 9.55 Å². The topological polar surface area (TPSA) is 67.2 Å². The first-order chi connectivity index (χ1) is 13.1. The fraction of sp³-hybridized carbons (Fsp3) is 0.0500. The summed E-state index contributed by atoms with van der Waals surface area (Å²) in [7, 11) is 0. The van der Waals surface area contributed by atoms with E-state index < -0.39 is 11.5 Å². The summed E-state index contributed by atoms with van der Waals surface area (Å²) in [6.45, 7) is 0.489. The molecule has 0 aliphatic carbocycles. The number of aromatic amines is 1. The molecule has 0 radical (unpaired) electrons. The van der Waals surface area contributed by atoms with Crippen molar-refractivity contribution in [2.24, 2.45) is 4.99 Å². The summed E-state index contributed by atoms with van der Waals surface area (Å²) in [5.41, 5.74) is 1.18. The summed E-state index contributed by atoms with van der Waals surface area (Å²) in [6, 6.07) is 16.4. The third kappa shape index (κ3) is 3.63. The predicted octanol–water partition coefficient (Wildman–Crippen LogP) is 3.83. The fourth-order valence-corrected chi connectivity index (χ4v) is 3.69. The molecular formula is C20H14ClN3O2S. The first-order valence-electron chi connectivity index (χ1n) is 8.20. The minimum Gasteiger partial charge on any atom is -0.321 e. The number of carbonyl (C=O) groups is 1. The Morgan fingerprint density at radius 3 is 2.78 bits per heavy atom. The molecule has 5 nitrogen and oxygen atoms in total. The first kappa shape index (κ1) is 17.5. The maximum absolute atomic E-state index is 12.6. The number of hydrogen-bond donors (Lipinski definition) is 1. The molecule has 0 unspecified atom stereocenters. The third-order valence-electron chi connectivity index (χ3n) is 4.14. The van der Waals surface area contributed by atoms with Gasteiger partial charge in [-0.2, -0.15) is 4.99 Å². The molecule has 0 saturated carbocycles. The number of nitrogens with zero attached hydrogens (tertiary/aromatic N) is 2. The van der Waals surface area contributed by atoms with Crippen LogP contribution in [0.4, 0.5) is 0 Å². The molecule has 0 bridgehead atoms. The van der Waals surface area contributed by atoms with Crippen molar-refractivity contribution in [1.82, 2.24) is 9.55 Å². The number of rotatable bonds is 3. The van der Waals surface area contributed by atoms with Gasteiger partial charge in [-0.05, 0) is 29.1 Å². The van der Waals surface area contributed by atoms with Crippen molar-refractivity contribution in [2.75, 3.05) is 0 Å². The van der Waals surface area contributed by atoms with Crippen molar-refractivity contribution in [2.45, 2.75) is 6.54 Å². The normalized spacial score (nSPS) is 11.8. The lowest BCUT2D eigenvalue weighted by molar-refractivity contribution is 0.0996. The number of hydrogen-bond acceptors (Lipinski definition) is 3. The second-order valence-corrected chi connectivity index (χ2v) is 7.20. The number of para-hydroxylation sites is 1. The molecule has 0 aliphatic heterocycles. The van der Waals surface area contributed by atoms with E-state index in [1.165, 1.54) is 11.3 Å². The van der Waals surface area contributed by atoms with E-state index in [2.05, 4.69) is 9.98 Å². The first-order valence-corrected chi connectivity index (χ1v) is 9.46. The van der Waals surface area contributed by atoms with Crippen molar-refractivity contribution < 1.29 is 4.79 Å². The minimum absolute atomic E-state index is 0.0198. The SMILES string of the molecule is O=C(N=c1sccn1Cc1ccccc1Cl)c1cc2ccccc2[nH]c1=O. The number of pyridine rings is 1. The van der Waals surface area contributed by atoms with Crippen LogP contribution in [-0.2, 0) is 6.54 Å². The van der Waals surface area contributed by atoms with Gasteiger partial charge >= 0.3 is 0 Å². The summed E-state index contributed by atoms with van der Waals surface area (Å²) >= 11 is 7.55. The lowest BCUT2D eigenvalue weighted by atomic mass is 10.1. The Labute approximate surface area is 163 Å². The summed E-state index contributed by atoms with van der Waals surface area (Å²) in [6.07, 6.45) is 1.84. The van der Waals surface area contributed by atoms with E-state index in [1.807, 2.05) is 58.6 Å². The van der Waals surface area contributed by atoms with E-state index in [9.17, 15) is 9.59 Å². The summed E-state index contributed by atoms with van der Waals surface area (Å²) in [4.78, 5) is 32.3. The van der Waals surface area contributed by atoms with Gasteiger partial charge in [0.2, 0.25) is 0 Å². The number of H-pyrrole nitrogens is 1. The van der Waals surface area contributed by atoms with Crippen LogP contribution < -0.4 is 10.4 Å². The highest BCUT2D eigenvalue weighted by Crippen LogP contribution is 2.16. The van der Waals surface area contributed by atoms with Crippen LogP contribution in [-0.4, -0.2) is 15.5 Å². The highest BCUT2D eigenvalue weighted by atomic mass is 35.5. The van der Waals surface area contributed by atoms with Gasteiger partial charge in [0.1, 0.15) is 5.56 Å². The lowest BCUT2D eigenvalue weighted by Gasteiger charge is -2.05. The third-order valence-corrected chi connectivity index (χ3v) is 5.30. The van der Waals surface area contributed by atoms with Crippen LogP contribution in [0.5, 0.6) is 0 Å². The molecule has 134 valence electrons. The Morgan fingerprint density at radius 1 is 1.15 bits per heavy atom. The van der Waals surface area contributed by atoms with Gasteiger partial charge in [-0.25, -0.2) is 0 Å². The number of aromatic nitrogens is 2. The number of amides is 1. The predicted molar refractivity (Wildman–Crippen MR) is 107 cm³/mol. The molecule has 7 heteroatoms. The van der Waals surface area contributed by atoms with Crippen LogP contribution in [0.1, 0.15) is 15.9 Å². The van der Waals surface area contributed by atoms with Gasteiger partial charge in [-0.3, -0.25) is 9.59 Å². The molecule has 0 fully saturated rings. The quantitative estimate of drug-likeness (QED) is 0.572. The largest absolute Gasteiger partial charge is 0.321 e. The molecule has 0 saturated heterocycles. The van der Waals surface area contributed by atoms with Crippen LogP contribution in [0.3, 0.4) is 0 Å². The van der Waals surface area contributed by atoms with E-state index in [4.69, 9.17) is 11.6 Å². The molecule has 1 N–H and O–H groups in total. The minimum atomic E-state index is -0.572. The number of fused-ring (bicyclic) bond motifs is 1. The van der Waals surface area contributed by atoms with E-state index >= 15 is 0 Å². The average Bonchev–Trinajstić information content (AvgIpc) is 3.09. The molecule has 2 aromatic heterocycles. The molecule has 4 rings (SSSR count). The van der Waals surface area contributed by atoms with Crippen LogP contribution in [0.25, 0.3) is 10.9 Å². The smallest absolute Gasteiger partial charge is 0.285 e. The van der Waals surface area contributed by atoms with E-state index in [-0.39, 0.29) is 5.56 Å². The second kappa shape index (κ2) is 7.34. The van der Waals surface area contributed by atoms with Gasteiger partial charge in [-0.15, -0.1) is 11.3 Å². The number of halogens is 1. The average molecular weight is 396 g/mol. The van der Waals surface area contributed by atoms with Gasteiger partial charge in [0, 0.05) is 22.1 Å². The zero-order valence-corrected chi connectivity index (χ0v) is 15.6. The van der Waals surface area contributed by atoms with Crippen LogP contribution in [0.2, 0.25) is 5.02 Å². The summed E-state index contributed by atoms with van der Waals surface area (Å²) < 4.78 is 1.83. The van der Waals surface area contributed by atoms with Crippen molar-refractivity contribution >= 4 is 39.7 Å². The number of thiazole rings is 1. The Bertz CT molecular complexity index is 1270. The number of nitrogens with one attached hydrogen (secondary N) is 1. The Kier molecular flexibility index (Phi) is 4.75. The van der Waals surface area contributed by atoms with E-state index in [1.54, 1.807) is 12.1 Å². The van der Waals surface area contributed by atoms with Crippen molar-refractivity contribution in [3.05, 3.63) is 97.5 Å². The van der Waals surface area contributed by atoms with E-state index in [0.29, 0.717) is 21.9 Å². The van der Waals surface area contributed by atoms with Crippen molar-refractivity contribution in [3.8, 4) is 0 Å². The monoisotopic (exact) mass is 395 g/mol. The molecule has 4 aromatic rings. The molecule has 1 amide bonds. The zero-order chi connectivity index (χ0) is 18.8.